The Morgan fingerprint density at radius 3 is 2.65 bits per heavy atom. The molecule has 0 fully saturated rings. The Bertz CT molecular complexity index is 552. The fourth-order valence-corrected chi connectivity index (χ4v) is 1.71. The molecule has 0 bridgehead atoms. The van der Waals surface area contributed by atoms with Crippen LogP contribution in [0.3, 0.4) is 0 Å². The normalized spacial score (nSPS) is 10.3. The molecule has 0 aliphatic heterocycles. The number of nitrogen functional groups attached to an aromatic ring is 1. The number of aromatic nitrogens is 2. The Balaban J connectivity index is 2.67. The summed E-state index contributed by atoms with van der Waals surface area (Å²) in [5, 5.41) is 0. The van der Waals surface area contributed by atoms with Crippen molar-refractivity contribution in [3.63, 3.8) is 0 Å². The molecule has 0 spiro atoms. The van der Waals surface area contributed by atoms with Crippen LogP contribution in [0.1, 0.15) is 11.3 Å². The average Bonchev–Trinajstić information content (AvgIpc) is 2.33. The molecule has 4 nitrogen and oxygen atoms in total. The van der Waals surface area contributed by atoms with Crippen molar-refractivity contribution in [3.05, 3.63) is 35.8 Å². The summed E-state index contributed by atoms with van der Waals surface area (Å²) >= 11 is 0. The summed E-state index contributed by atoms with van der Waals surface area (Å²) in [6.07, 6.45) is 1.52. The molecule has 1 aromatic carbocycles. The van der Waals surface area contributed by atoms with Crippen LogP contribution in [0.25, 0.3) is 11.3 Å². The summed E-state index contributed by atoms with van der Waals surface area (Å²) < 4.78 is 5.33. The summed E-state index contributed by atoms with van der Waals surface area (Å²) in [5.41, 5.74) is 10.1. The molecule has 0 saturated heterocycles. The molecule has 0 aliphatic carbocycles. The van der Waals surface area contributed by atoms with Crippen LogP contribution in [-0.2, 0) is 0 Å². The van der Waals surface area contributed by atoms with Crippen LogP contribution in [0.2, 0.25) is 0 Å². The quantitative estimate of drug-likeness (QED) is 0.858. The third kappa shape index (κ3) is 2.06. The number of ether oxygens (including phenoxy) is 1. The maximum atomic E-state index is 6.01. The largest absolute Gasteiger partial charge is 0.496 e. The van der Waals surface area contributed by atoms with Crippen molar-refractivity contribution in [1.82, 2.24) is 9.97 Å². The summed E-state index contributed by atoms with van der Waals surface area (Å²) in [4.78, 5) is 8.31. The maximum absolute atomic E-state index is 6.01. The number of rotatable bonds is 2. The third-order valence-corrected chi connectivity index (χ3v) is 2.69. The number of hydrogen-bond acceptors (Lipinski definition) is 4. The van der Waals surface area contributed by atoms with Gasteiger partial charge in [-0.1, -0.05) is 11.6 Å². The van der Waals surface area contributed by atoms with Crippen LogP contribution in [-0.4, -0.2) is 17.1 Å². The number of benzene rings is 1. The van der Waals surface area contributed by atoms with E-state index in [4.69, 9.17) is 10.5 Å². The SMILES string of the molecule is COc1ccc(C)cc1-c1ncnc(C)c1N. The van der Waals surface area contributed by atoms with E-state index in [0.29, 0.717) is 5.69 Å². The Morgan fingerprint density at radius 2 is 1.94 bits per heavy atom. The summed E-state index contributed by atoms with van der Waals surface area (Å²) in [5.74, 6) is 0.764. The van der Waals surface area contributed by atoms with E-state index < -0.39 is 0 Å². The first kappa shape index (κ1) is 11.4. The van der Waals surface area contributed by atoms with Crippen LogP contribution in [0, 0.1) is 13.8 Å². The van der Waals surface area contributed by atoms with Crippen molar-refractivity contribution in [1.29, 1.82) is 0 Å². The second-order valence-corrected chi connectivity index (χ2v) is 3.93. The molecule has 0 atom stereocenters. The molecule has 2 rings (SSSR count). The lowest BCUT2D eigenvalue weighted by Crippen LogP contribution is -2.00. The van der Waals surface area contributed by atoms with E-state index in [-0.39, 0.29) is 0 Å². The smallest absolute Gasteiger partial charge is 0.128 e. The second kappa shape index (κ2) is 4.41. The number of nitrogens with two attached hydrogens (primary N) is 1. The van der Waals surface area contributed by atoms with Crippen molar-refractivity contribution < 1.29 is 4.74 Å². The average molecular weight is 229 g/mol. The summed E-state index contributed by atoms with van der Waals surface area (Å²) in [6, 6.07) is 5.92. The molecular formula is C13H15N3O. The number of anilines is 1. The van der Waals surface area contributed by atoms with Gasteiger partial charge in [0.25, 0.3) is 0 Å². The minimum atomic E-state index is 0.594. The zero-order valence-electron chi connectivity index (χ0n) is 10.2. The monoisotopic (exact) mass is 229 g/mol. The predicted octanol–water partition coefficient (Wildman–Crippen LogP) is 2.35. The standard InChI is InChI=1S/C13H15N3O/c1-8-4-5-11(17-3)10(6-8)13-12(14)9(2)15-7-16-13/h4-7H,14H2,1-3H3. The molecule has 2 aromatic rings. The number of aryl methyl sites for hydroxylation is 2. The molecule has 0 amide bonds. The lowest BCUT2D eigenvalue weighted by molar-refractivity contribution is 0.416. The fourth-order valence-electron chi connectivity index (χ4n) is 1.71. The van der Waals surface area contributed by atoms with E-state index in [2.05, 4.69) is 9.97 Å². The van der Waals surface area contributed by atoms with Crippen molar-refractivity contribution in [3.8, 4) is 17.0 Å². The van der Waals surface area contributed by atoms with Crippen molar-refractivity contribution in [2.75, 3.05) is 12.8 Å². The van der Waals surface area contributed by atoms with E-state index in [1.165, 1.54) is 6.33 Å². The van der Waals surface area contributed by atoms with Gasteiger partial charge in [-0.05, 0) is 26.0 Å². The van der Waals surface area contributed by atoms with Gasteiger partial charge in [-0.2, -0.15) is 0 Å². The van der Waals surface area contributed by atoms with Crippen LogP contribution < -0.4 is 10.5 Å². The van der Waals surface area contributed by atoms with E-state index in [1.54, 1.807) is 7.11 Å². The zero-order chi connectivity index (χ0) is 12.4. The van der Waals surface area contributed by atoms with Gasteiger partial charge in [0.2, 0.25) is 0 Å². The van der Waals surface area contributed by atoms with E-state index in [9.17, 15) is 0 Å². The summed E-state index contributed by atoms with van der Waals surface area (Å²) in [7, 11) is 1.64. The van der Waals surface area contributed by atoms with Crippen molar-refractivity contribution in [2.24, 2.45) is 0 Å². The molecule has 2 N–H and O–H groups in total. The van der Waals surface area contributed by atoms with Gasteiger partial charge in [0.15, 0.2) is 0 Å². The number of methoxy groups -OCH3 is 1. The van der Waals surface area contributed by atoms with Gasteiger partial charge in [0.1, 0.15) is 17.8 Å². The van der Waals surface area contributed by atoms with Gasteiger partial charge < -0.3 is 10.5 Å². The zero-order valence-corrected chi connectivity index (χ0v) is 10.2. The molecule has 0 unspecified atom stereocenters. The molecule has 0 aliphatic rings. The minimum Gasteiger partial charge on any atom is -0.496 e. The van der Waals surface area contributed by atoms with Gasteiger partial charge >= 0.3 is 0 Å². The highest BCUT2D eigenvalue weighted by Gasteiger charge is 2.12. The van der Waals surface area contributed by atoms with Gasteiger partial charge in [-0.25, -0.2) is 9.97 Å². The van der Waals surface area contributed by atoms with Gasteiger partial charge in [0.05, 0.1) is 18.5 Å². The molecule has 4 heteroatoms. The molecule has 17 heavy (non-hydrogen) atoms. The predicted molar refractivity (Wildman–Crippen MR) is 67.9 cm³/mol. The molecule has 88 valence electrons. The van der Waals surface area contributed by atoms with E-state index in [1.807, 2.05) is 32.0 Å². The third-order valence-electron chi connectivity index (χ3n) is 2.69. The topological polar surface area (TPSA) is 61.0 Å². The van der Waals surface area contributed by atoms with Crippen LogP contribution in [0.4, 0.5) is 5.69 Å². The fraction of sp³-hybridized carbons (Fsp3) is 0.231. The Labute approximate surface area is 100 Å². The van der Waals surface area contributed by atoms with Crippen LogP contribution in [0.5, 0.6) is 5.75 Å². The Hall–Kier alpha value is -2.10. The number of nitrogens with zero attached hydrogens (tertiary/aromatic N) is 2. The Kier molecular flexibility index (Phi) is 2.95. The highest BCUT2D eigenvalue weighted by Crippen LogP contribution is 2.33. The molecule has 0 saturated carbocycles. The molecule has 1 heterocycles. The lowest BCUT2D eigenvalue weighted by Gasteiger charge is -2.11. The maximum Gasteiger partial charge on any atom is 0.128 e. The number of hydrogen-bond donors (Lipinski definition) is 1. The van der Waals surface area contributed by atoms with Gasteiger partial charge in [0, 0.05) is 5.56 Å². The van der Waals surface area contributed by atoms with E-state index >= 15 is 0 Å². The first-order valence-corrected chi connectivity index (χ1v) is 5.35. The minimum absolute atomic E-state index is 0.594. The molecule has 0 radical (unpaired) electrons. The second-order valence-electron chi connectivity index (χ2n) is 3.93. The molecular weight excluding hydrogens is 214 g/mol. The van der Waals surface area contributed by atoms with Crippen LogP contribution >= 0.6 is 0 Å². The highest BCUT2D eigenvalue weighted by molar-refractivity contribution is 5.78. The van der Waals surface area contributed by atoms with E-state index in [0.717, 1.165) is 28.3 Å². The van der Waals surface area contributed by atoms with Gasteiger partial charge in [-0.15, -0.1) is 0 Å². The van der Waals surface area contributed by atoms with Crippen molar-refractivity contribution in [2.45, 2.75) is 13.8 Å². The lowest BCUT2D eigenvalue weighted by atomic mass is 10.1. The highest BCUT2D eigenvalue weighted by atomic mass is 16.5. The van der Waals surface area contributed by atoms with Crippen molar-refractivity contribution >= 4 is 5.69 Å². The Morgan fingerprint density at radius 1 is 1.18 bits per heavy atom. The summed E-state index contributed by atoms with van der Waals surface area (Å²) in [6.45, 7) is 3.88. The van der Waals surface area contributed by atoms with Crippen LogP contribution in [0.15, 0.2) is 24.5 Å². The first-order valence-electron chi connectivity index (χ1n) is 5.35. The first-order chi connectivity index (χ1) is 8.13. The molecule has 1 aromatic heterocycles. The van der Waals surface area contributed by atoms with Gasteiger partial charge in [-0.3, -0.25) is 0 Å².